The highest BCUT2D eigenvalue weighted by molar-refractivity contribution is 5.98. The second-order valence-electron chi connectivity index (χ2n) is 8.26. The molecule has 4 bridgehead atoms. The van der Waals surface area contributed by atoms with E-state index in [1.54, 1.807) is 0 Å². The molecule has 120 valence electrons. The summed E-state index contributed by atoms with van der Waals surface area (Å²) in [4.78, 5) is 48.0. The number of rotatable bonds is 0. The lowest BCUT2D eigenvalue weighted by Gasteiger charge is -2.45. The van der Waals surface area contributed by atoms with Crippen LogP contribution >= 0.6 is 0 Å². The number of hydrogen-bond acceptors (Lipinski definition) is 6. The Morgan fingerprint density at radius 1 is 0.609 bits per heavy atom. The Balaban J connectivity index is 1.42. The first-order valence-electron chi connectivity index (χ1n) is 8.56. The second-order valence-corrected chi connectivity index (χ2v) is 8.26. The lowest BCUT2D eigenvalue weighted by molar-refractivity contribution is -0.176. The van der Waals surface area contributed by atoms with Gasteiger partial charge in [-0.3, -0.25) is 19.2 Å². The second kappa shape index (κ2) is 3.68. The Morgan fingerprint density at radius 3 is 1.83 bits per heavy atom. The van der Waals surface area contributed by atoms with Crippen LogP contribution in [-0.4, -0.2) is 23.9 Å². The van der Waals surface area contributed by atoms with E-state index in [0.717, 1.165) is 12.8 Å². The highest BCUT2D eigenvalue weighted by atomic mass is 16.6. The summed E-state index contributed by atoms with van der Waals surface area (Å²) in [5.74, 6) is -0.475. The fourth-order valence-corrected chi connectivity index (χ4v) is 7.69. The summed E-state index contributed by atoms with van der Waals surface area (Å²) in [7, 11) is 0. The van der Waals surface area contributed by atoms with Gasteiger partial charge in [0.15, 0.2) is 0 Å². The smallest absolute Gasteiger partial charge is 0.317 e. The van der Waals surface area contributed by atoms with Gasteiger partial charge in [-0.2, -0.15) is 0 Å². The molecule has 9 unspecified atom stereocenters. The van der Waals surface area contributed by atoms with Crippen LogP contribution in [0, 0.1) is 59.2 Å². The van der Waals surface area contributed by atoms with Crippen molar-refractivity contribution in [3.63, 3.8) is 0 Å². The van der Waals surface area contributed by atoms with Crippen LogP contribution in [0.4, 0.5) is 0 Å². The summed E-state index contributed by atoms with van der Waals surface area (Å²) in [6.07, 6.45) is 2.18. The normalized spacial score (nSPS) is 58.1. The van der Waals surface area contributed by atoms with Gasteiger partial charge in [-0.15, -0.1) is 0 Å². The fraction of sp³-hybridized carbons (Fsp3) is 0.765. The van der Waals surface area contributed by atoms with E-state index in [4.69, 9.17) is 9.47 Å². The van der Waals surface area contributed by atoms with E-state index >= 15 is 0 Å². The van der Waals surface area contributed by atoms with Gasteiger partial charge < -0.3 is 9.47 Å². The first kappa shape index (κ1) is 12.7. The molecule has 0 aromatic carbocycles. The van der Waals surface area contributed by atoms with Crippen LogP contribution in [0.15, 0.2) is 0 Å². The number of ether oxygens (including phenoxy) is 2. The third-order valence-electron chi connectivity index (χ3n) is 7.93. The Bertz CT molecular complexity index is 697. The van der Waals surface area contributed by atoms with E-state index in [9.17, 15) is 19.2 Å². The Hall–Kier alpha value is -1.72. The molecule has 10 atom stereocenters. The number of carbonyl (C=O) groups is 4. The minimum atomic E-state index is -0.406. The largest absolute Gasteiger partial charge is 0.393 e. The average molecular weight is 316 g/mol. The Kier molecular flexibility index (Phi) is 2.03. The van der Waals surface area contributed by atoms with Crippen LogP contribution in [0.5, 0.6) is 0 Å². The average Bonchev–Trinajstić information content (AvgIpc) is 3.23. The maximum atomic E-state index is 12.2. The number of esters is 4. The quantitative estimate of drug-likeness (QED) is 0.368. The van der Waals surface area contributed by atoms with Crippen LogP contribution < -0.4 is 0 Å². The highest BCUT2D eigenvalue weighted by Crippen LogP contribution is 2.74. The van der Waals surface area contributed by atoms with Crippen molar-refractivity contribution >= 4 is 23.9 Å². The number of carbonyl (C=O) groups excluding carboxylic acids is 4. The molecule has 6 aliphatic rings. The van der Waals surface area contributed by atoms with E-state index < -0.39 is 5.97 Å². The van der Waals surface area contributed by atoms with E-state index in [2.05, 4.69) is 0 Å². The molecule has 0 spiro atoms. The third-order valence-corrected chi connectivity index (χ3v) is 7.93. The first-order valence-corrected chi connectivity index (χ1v) is 8.56. The molecule has 6 heteroatoms. The molecule has 0 amide bonds. The van der Waals surface area contributed by atoms with Gasteiger partial charge in [-0.25, -0.2) is 0 Å². The molecule has 2 heterocycles. The zero-order valence-corrected chi connectivity index (χ0v) is 12.3. The van der Waals surface area contributed by atoms with Gasteiger partial charge in [-0.05, 0) is 54.3 Å². The van der Waals surface area contributed by atoms with Gasteiger partial charge in [0.25, 0.3) is 0 Å². The molecule has 4 saturated carbocycles. The lowest BCUT2D eigenvalue weighted by atomic mass is 9.58. The van der Waals surface area contributed by atoms with Gasteiger partial charge >= 0.3 is 23.9 Å². The molecule has 2 saturated heterocycles. The van der Waals surface area contributed by atoms with Crippen molar-refractivity contribution in [3.05, 3.63) is 0 Å². The molecule has 0 aromatic rings. The number of cyclic esters (lactones) is 4. The number of fused-ring (bicyclic) bond motifs is 15. The number of hydrogen-bond donors (Lipinski definition) is 0. The van der Waals surface area contributed by atoms with Gasteiger partial charge in [0.1, 0.15) is 0 Å². The molecule has 6 rings (SSSR count). The molecular formula is C17H16O6. The van der Waals surface area contributed by atoms with E-state index in [0.29, 0.717) is 24.2 Å². The summed E-state index contributed by atoms with van der Waals surface area (Å²) in [6.45, 7) is 0. The molecule has 2 aliphatic heterocycles. The highest BCUT2D eigenvalue weighted by Gasteiger charge is 2.75. The fourth-order valence-electron chi connectivity index (χ4n) is 7.69. The molecule has 23 heavy (non-hydrogen) atoms. The summed E-state index contributed by atoms with van der Waals surface area (Å²) in [6, 6.07) is 0. The molecule has 0 N–H and O–H groups in total. The SMILES string of the molecule is O=C1CC2C3CC(C2C(=O)O1)C1C2CC(C31)[C@H]1C(=O)OC(=O)C21. The van der Waals surface area contributed by atoms with E-state index in [1.807, 2.05) is 0 Å². The van der Waals surface area contributed by atoms with E-state index in [-0.39, 0.29) is 59.3 Å². The van der Waals surface area contributed by atoms with Gasteiger partial charge in [0.05, 0.1) is 17.8 Å². The van der Waals surface area contributed by atoms with Crippen molar-refractivity contribution in [2.45, 2.75) is 19.3 Å². The lowest BCUT2D eigenvalue weighted by Crippen LogP contribution is -2.49. The van der Waals surface area contributed by atoms with Crippen LogP contribution in [0.2, 0.25) is 0 Å². The minimum Gasteiger partial charge on any atom is -0.393 e. The maximum Gasteiger partial charge on any atom is 0.317 e. The standard InChI is InChI=1S/C17H16O6/c18-9-3-5-4-1-6(12(5)15(19)22-9)11-8-2-7(10(4)11)13-14(8)17(21)23-16(13)20/h4-8,10-14H,1-3H2/t4?,5?,6?,7?,8?,10?,11?,12?,13-,14?/m1/s1. The van der Waals surface area contributed by atoms with Crippen molar-refractivity contribution in [1.82, 2.24) is 0 Å². The zero-order chi connectivity index (χ0) is 15.6. The molecular weight excluding hydrogens is 300 g/mol. The van der Waals surface area contributed by atoms with Crippen molar-refractivity contribution in [2.24, 2.45) is 59.2 Å². The van der Waals surface area contributed by atoms with Gasteiger partial charge in [0.2, 0.25) is 0 Å². The van der Waals surface area contributed by atoms with Crippen molar-refractivity contribution in [1.29, 1.82) is 0 Å². The van der Waals surface area contributed by atoms with Crippen molar-refractivity contribution < 1.29 is 28.7 Å². The van der Waals surface area contributed by atoms with Crippen LogP contribution in [0.1, 0.15) is 19.3 Å². The third kappa shape index (κ3) is 1.23. The molecule has 6 nitrogen and oxygen atoms in total. The Labute approximate surface area is 131 Å². The minimum absolute atomic E-state index is 0.0842. The van der Waals surface area contributed by atoms with Gasteiger partial charge in [-0.1, -0.05) is 0 Å². The Morgan fingerprint density at radius 2 is 1.13 bits per heavy atom. The van der Waals surface area contributed by atoms with Crippen molar-refractivity contribution in [3.8, 4) is 0 Å². The summed E-state index contributed by atoms with van der Waals surface area (Å²) in [5, 5.41) is 0. The maximum absolute atomic E-state index is 12.2. The molecule has 6 fully saturated rings. The van der Waals surface area contributed by atoms with E-state index in [1.165, 1.54) is 0 Å². The predicted molar refractivity (Wildman–Crippen MR) is 70.9 cm³/mol. The van der Waals surface area contributed by atoms with Crippen LogP contribution in [0.3, 0.4) is 0 Å². The summed E-state index contributed by atoms with van der Waals surface area (Å²) >= 11 is 0. The molecule has 4 aliphatic carbocycles. The van der Waals surface area contributed by atoms with Crippen molar-refractivity contribution in [2.75, 3.05) is 0 Å². The molecule has 0 radical (unpaired) electrons. The molecule has 0 aromatic heterocycles. The van der Waals surface area contributed by atoms with Crippen LogP contribution in [-0.2, 0) is 28.7 Å². The zero-order valence-electron chi connectivity index (χ0n) is 12.3. The summed E-state index contributed by atoms with van der Waals surface area (Å²) in [5.41, 5.74) is 0. The van der Waals surface area contributed by atoms with Crippen LogP contribution in [0.25, 0.3) is 0 Å². The monoisotopic (exact) mass is 316 g/mol. The van der Waals surface area contributed by atoms with Gasteiger partial charge in [0, 0.05) is 6.42 Å². The summed E-state index contributed by atoms with van der Waals surface area (Å²) < 4.78 is 9.78. The predicted octanol–water partition coefficient (Wildman–Crippen LogP) is 0.540. The topological polar surface area (TPSA) is 86.7 Å². The first-order chi connectivity index (χ1) is 11.1.